The van der Waals surface area contributed by atoms with Crippen LogP contribution in [0.15, 0.2) is 42.5 Å². The Morgan fingerprint density at radius 3 is 2.78 bits per heavy atom. The number of nitrogens with one attached hydrogen (secondary N) is 1. The molecular formula is C21H22N2O4. The van der Waals surface area contributed by atoms with Crippen LogP contribution in [0.2, 0.25) is 0 Å². The van der Waals surface area contributed by atoms with Crippen LogP contribution in [-0.2, 0) is 16.0 Å². The normalized spacial score (nSPS) is 18.5. The Morgan fingerprint density at radius 1 is 1.15 bits per heavy atom. The molecule has 1 fully saturated rings. The first-order valence-electron chi connectivity index (χ1n) is 9.24. The van der Waals surface area contributed by atoms with Crippen molar-refractivity contribution in [2.75, 3.05) is 30.0 Å². The number of carbonyl (C=O) groups excluding carboxylic acids is 2. The third kappa shape index (κ3) is 3.60. The van der Waals surface area contributed by atoms with Crippen LogP contribution in [0.4, 0.5) is 11.4 Å². The number of aryl methyl sites for hydroxylation is 1. The molecule has 6 heteroatoms. The van der Waals surface area contributed by atoms with E-state index in [1.807, 2.05) is 30.3 Å². The third-order valence-corrected chi connectivity index (χ3v) is 4.94. The van der Waals surface area contributed by atoms with Crippen LogP contribution in [0.5, 0.6) is 11.5 Å². The molecule has 6 nitrogen and oxygen atoms in total. The van der Waals surface area contributed by atoms with Crippen molar-refractivity contribution in [1.82, 2.24) is 0 Å². The zero-order valence-electron chi connectivity index (χ0n) is 15.2. The van der Waals surface area contributed by atoms with E-state index >= 15 is 0 Å². The number of nitrogens with zero attached hydrogens (tertiary/aromatic N) is 1. The van der Waals surface area contributed by atoms with Gasteiger partial charge in [-0.1, -0.05) is 19.1 Å². The van der Waals surface area contributed by atoms with Gasteiger partial charge in [-0.05, 0) is 36.2 Å². The number of hydrogen-bond donors (Lipinski definition) is 1. The van der Waals surface area contributed by atoms with Crippen molar-refractivity contribution in [3.8, 4) is 11.5 Å². The first kappa shape index (κ1) is 17.4. The lowest BCUT2D eigenvalue weighted by atomic mass is 10.1. The highest BCUT2D eigenvalue weighted by Crippen LogP contribution is 2.36. The number of fused-ring (bicyclic) bond motifs is 1. The van der Waals surface area contributed by atoms with Crippen LogP contribution in [0.3, 0.4) is 0 Å². The first-order chi connectivity index (χ1) is 13.1. The van der Waals surface area contributed by atoms with Gasteiger partial charge >= 0.3 is 0 Å². The van der Waals surface area contributed by atoms with E-state index in [4.69, 9.17) is 9.47 Å². The summed E-state index contributed by atoms with van der Waals surface area (Å²) < 4.78 is 11.1. The molecule has 0 aromatic heterocycles. The van der Waals surface area contributed by atoms with E-state index in [1.165, 1.54) is 0 Å². The molecule has 2 aliphatic heterocycles. The first-order valence-corrected chi connectivity index (χ1v) is 9.24. The van der Waals surface area contributed by atoms with Crippen molar-refractivity contribution in [3.63, 3.8) is 0 Å². The van der Waals surface area contributed by atoms with E-state index < -0.39 is 0 Å². The molecule has 140 valence electrons. The van der Waals surface area contributed by atoms with Crippen LogP contribution in [-0.4, -0.2) is 31.6 Å². The number of amides is 2. The molecule has 27 heavy (non-hydrogen) atoms. The zero-order chi connectivity index (χ0) is 18.8. The second kappa shape index (κ2) is 7.31. The minimum absolute atomic E-state index is 0.0610. The lowest BCUT2D eigenvalue weighted by Gasteiger charge is -2.22. The van der Waals surface area contributed by atoms with Crippen molar-refractivity contribution in [2.24, 2.45) is 5.92 Å². The fraction of sp³-hybridized carbons (Fsp3) is 0.333. The Bertz CT molecular complexity index is 880. The number of rotatable bonds is 4. The summed E-state index contributed by atoms with van der Waals surface area (Å²) in [5.74, 6) is 0.749. The highest BCUT2D eigenvalue weighted by Gasteiger charge is 2.35. The van der Waals surface area contributed by atoms with Gasteiger partial charge in [0.05, 0.1) is 5.92 Å². The van der Waals surface area contributed by atoms with Gasteiger partial charge in [-0.3, -0.25) is 9.59 Å². The molecule has 2 aromatic rings. The van der Waals surface area contributed by atoms with E-state index in [1.54, 1.807) is 17.0 Å². The summed E-state index contributed by atoms with van der Waals surface area (Å²) >= 11 is 0. The Labute approximate surface area is 158 Å². The second-order valence-corrected chi connectivity index (χ2v) is 6.78. The Morgan fingerprint density at radius 2 is 1.96 bits per heavy atom. The molecule has 0 bridgehead atoms. The largest absolute Gasteiger partial charge is 0.486 e. The Balaban J connectivity index is 1.46. The number of anilines is 2. The molecule has 0 saturated carbocycles. The molecule has 2 aromatic carbocycles. The van der Waals surface area contributed by atoms with Crippen molar-refractivity contribution < 1.29 is 19.1 Å². The molecule has 0 unspecified atom stereocenters. The summed E-state index contributed by atoms with van der Waals surface area (Å²) in [5.41, 5.74) is 2.66. The molecule has 2 amide bonds. The topological polar surface area (TPSA) is 67.9 Å². The van der Waals surface area contributed by atoms with Gasteiger partial charge in [-0.2, -0.15) is 0 Å². The van der Waals surface area contributed by atoms with Gasteiger partial charge in [-0.15, -0.1) is 0 Å². The number of hydrogen-bond acceptors (Lipinski definition) is 4. The average Bonchev–Trinajstić information content (AvgIpc) is 3.09. The van der Waals surface area contributed by atoms with Crippen LogP contribution in [0.25, 0.3) is 0 Å². The summed E-state index contributed by atoms with van der Waals surface area (Å²) in [6.45, 7) is 3.45. The summed E-state index contributed by atoms with van der Waals surface area (Å²) in [6, 6.07) is 13.2. The molecule has 2 aliphatic rings. The number of benzene rings is 2. The Kier molecular flexibility index (Phi) is 4.71. The van der Waals surface area contributed by atoms with Crippen LogP contribution in [0.1, 0.15) is 18.9 Å². The van der Waals surface area contributed by atoms with Crippen LogP contribution < -0.4 is 19.7 Å². The molecule has 1 N–H and O–H groups in total. The fourth-order valence-corrected chi connectivity index (χ4v) is 3.45. The SMILES string of the molecule is CCc1cccc(NC(=O)[C@H]2CC(=O)N(c3ccc4c(c3)OCCO4)C2)c1. The van der Waals surface area contributed by atoms with Crippen LogP contribution in [0, 0.1) is 5.92 Å². The van der Waals surface area contributed by atoms with Crippen LogP contribution >= 0.6 is 0 Å². The molecule has 0 radical (unpaired) electrons. The summed E-state index contributed by atoms with van der Waals surface area (Å²) in [6.07, 6.45) is 1.11. The standard InChI is InChI=1S/C21H22N2O4/c1-2-14-4-3-5-16(10-14)22-21(25)15-11-20(24)23(13-15)17-6-7-18-19(12-17)27-9-8-26-18/h3-7,10,12,15H,2,8-9,11,13H2,1H3,(H,22,25)/t15-/m0/s1. The summed E-state index contributed by atoms with van der Waals surface area (Å²) in [5, 5.41) is 2.94. The van der Waals surface area contributed by atoms with Gasteiger partial charge in [0.1, 0.15) is 13.2 Å². The predicted molar refractivity (Wildman–Crippen MR) is 102 cm³/mol. The fourth-order valence-electron chi connectivity index (χ4n) is 3.45. The van der Waals surface area contributed by atoms with E-state index in [0.29, 0.717) is 31.3 Å². The van der Waals surface area contributed by atoms with Gasteiger partial charge < -0.3 is 19.7 Å². The molecule has 4 rings (SSSR count). The molecule has 1 saturated heterocycles. The third-order valence-electron chi connectivity index (χ3n) is 4.94. The average molecular weight is 366 g/mol. The van der Waals surface area contributed by atoms with Crippen molar-refractivity contribution in [3.05, 3.63) is 48.0 Å². The summed E-state index contributed by atoms with van der Waals surface area (Å²) in [7, 11) is 0. The lowest BCUT2D eigenvalue weighted by Crippen LogP contribution is -2.28. The van der Waals surface area contributed by atoms with Crippen molar-refractivity contribution >= 4 is 23.2 Å². The van der Waals surface area contributed by atoms with Gasteiger partial charge in [0, 0.05) is 30.4 Å². The monoisotopic (exact) mass is 366 g/mol. The van der Waals surface area contributed by atoms with E-state index in [9.17, 15) is 9.59 Å². The number of carbonyl (C=O) groups is 2. The minimum atomic E-state index is -0.379. The van der Waals surface area contributed by atoms with Crippen molar-refractivity contribution in [2.45, 2.75) is 19.8 Å². The van der Waals surface area contributed by atoms with Gasteiger partial charge in [0.2, 0.25) is 11.8 Å². The quantitative estimate of drug-likeness (QED) is 0.903. The maximum Gasteiger partial charge on any atom is 0.229 e. The molecule has 0 spiro atoms. The molecule has 2 heterocycles. The van der Waals surface area contributed by atoms with Gasteiger partial charge in [0.15, 0.2) is 11.5 Å². The second-order valence-electron chi connectivity index (χ2n) is 6.78. The predicted octanol–water partition coefficient (Wildman–Crippen LogP) is 3.01. The van der Waals surface area contributed by atoms with E-state index in [-0.39, 0.29) is 24.2 Å². The smallest absolute Gasteiger partial charge is 0.229 e. The highest BCUT2D eigenvalue weighted by atomic mass is 16.6. The van der Waals surface area contributed by atoms with E-state index in [0.717, 1.165) is 23.4 Å². The maximum atomic E-state index is 12.6. The zero-order valence-corrected chi connectivity index (χ0v) is 15.2. The maximum absolute atomic E-state index is 12.6. The van der Waals surface area contributed by atoms with E-state index in [2.05, 4.69) is 12.2 Å². The van der Waals surface area contributed by atoms with Gasteiger partial charge in [-0.25, -0.2) is 0 Å². The molecule has 1 atom stereocenters. The minimum Gasteiger partial charge on any atom is -0.486 e. The van der Waals surface area contributed by atoms with Gasteiger partial charge in [0.25, 0.3) is 0 Å². The molecular weight excluding hydrogens is 344 g/mol. The van der Waals surface area contributed by atoms with Crippen molar-refractivity contribution in [1.29, 1.82) is 0 Å². The highest BCUT2D eigenvalue weighted by molar-refractivity contribution is 6.03. The number of ether oxygens (including phenoxy) is 2. The Hall–Kier alpha value is -3.02. The lowest BCUT2D eigenvalue weighted by molar-refractivity contribution is -0.122. The summed E-state index contributed by atoms with van der Waals surface area (Å²) in [4.78, 5) is 26.8. The molecule has 0 aliphatic carbocycles.